The summed E-state index contributed by atoms with van der Waals surface area (Å²) in [7, 11) is 0. The van der Waals surface area contributed by atoms with E-state index in [9.17, 15) is 28.1 Å². The van der Waals surface area contributed by atoms with Crippen molar-refractivity contribution >= 4 is 11.8 Å². The minimum atomic E-state index is -4.69. The van der Waals surface area contributed by atoms with Gasteiger partial charge >= 0.3 is 18.0 Å². The highest BCUT2D eigenvalue weighted by Gasteiger charge is 2.32. The molecule has 0 aliphatic heterocycles. The van der Waals surface area contributed by atoms with Gasteiger partial charge in [0.05, 0.1) is 16.8 Å². The van der Waals surface area contributed by atoms with E-state index in [1.54, 1.807) is 0 Å². The fraction of sp³-hybridized carbons (Fsp3) is 0.0909. The van der Waals surface area contributed by atoms with Gasteiger partial charge in [0.25, 0.3) is 0 Å². The molecule has 1 N–H and O–H groups in total. The number of nitrogens with zero attached hydrogens (tertiary/aromatic N) is 3. The summed E-state index contributed by atoms with van der Waals surface area (Å²) in [4.78, 5) is 24.2. The number of alkyl halides is 3. The van der Waals surface area contributed by atoms with E-state index in [4.69, 9.17) is 5.11 Å². The number of carboxylic acids is 1. The van der Waals surface area contributed by atoms with Crippen LogP contribution in [0.1, 0.15) is 15.9 Å². The van der Waals surface area contributed by atoms with Crippen molar-refractivity contribution in [3.8, 4) is 5.69 Å². The molecule has 0 radical (unpaired) electrons. The minimum absolute atomic E-state index is 0.156. The fourth-order valence-corrected chi connectivity index (χ4v) is 1.65. The Kier molecular flexibility index (Phi) is 3.37. The van der Waals surface area contributed by atoms with Crippen LogP contribution in [0.2, 0.25) is 0 Å². The van der Waals surface area contributed by atoms with Gasteiger partial charge < -0.3 is 15.2 Å². The van der Waals surface area contributed by atoms with Crippen molar-refractivity contribution in [2.75, 3.05) is 0 Å². The third-order valence-corrected chi connectivity index (χ3v) is 2.59. The first kappa shape index (κ1) is 14.5. The quantitative estimate of drug-likeness (QED) is 0.693. The topological polar surface area (TPSA) is 98.3 Å². The van der Waals surface area contributed by atoms with Crippen LogP contribution in [0, 0.1) is 10.1 Å². The molecule has 0 unspecified atom stereocenters. The predicted molar refractivity (Wildman–Crippen MR) is 62.2 cm³/mol. The minimum Gasteiger partial charge on any atom is -0.478 e. The van der Waals surface area contributed by atoms with Crippen molar-refractivity contribution in [2.24, 2.45) is 0 Å². The summed E-state index contributed by atoms with van der Waals surface area (Å²) in [6.07, 6.45) is -2.83. The Labute approximate surface area is 114 Å². The van der Waals surface area contributed by atoms with Crippen LogP contribution in [0.25, 0.3) is 5.69 Å². The number of hydrogen-bond acceptors (Lipinski definition) is 4. The van der Waals surface area contributed by atoms with E-state index in [0.29, 0.717) is 12.1 Å². The molecule has 1 heterocycles. The number of imidazole rings is 1. The van der Waals surface area contributed by atoms with E-state index in [1.807, 2.05) is 0 Å². The van der Waals surface area contributed by atoms with Crippen LogP contribution >= 0.6 is 0 Å². The summed E-state index contributed by atoms with van der Waals surface area (Å²) in [5, 5.41) is 19.5. The van der Waals surface area contributed by atoms with Crippen molar-refractivity contribution in [3.05, 3.63) is 52.0 Å². The lowest BCUT2D eigenvalue weighted by molar-refractivity contribution is -0.389. The Hall–Kier alpha value is -2.91. The summed E-state index contributed by atoms with van der Waals surface area (Å²) in [5.74, 6) is -2.14. The molecule has 110 valence electrons. The van der Waals surface area contributed by atoms with Gasteiger partial charge in [0.15, 0.2) is 0 Å². The number of nitro groups is 1. The molecular weight excluding hydrogens is 295 g/mol. The molecule has 21 heavy (non-hydrogen) atoms. The lowest BCUT2D eigenvalue weighted by atomic mass is 10.1. The summed E-state index contributed by atoms with van der Waals surface area (Å²) >= 11 is 0. The first-order chi connectivity index (χ1) is 9.70. The van der Waals surface area contributed by atoms with Crippen molar-refractivity contribution in [2.45, 2.75) is 6.18 Å². The molecule has 2 rings (SSSR count). The summed E-state index contributed by atoms with van der Waals surface area (Å²) < 4.78 is 38.7. The van der Waals surface area contributed by atoms with Gasteiger partial charge in [-0.3, -0.25) is 4.57 Å². The van der Waals surface area contributed by atoms with Crippen molar-refractivity contribution in [1.82, 2.24) is 9.55 Å². The number of halogens is 3. The fourth-order valence-electron chi connectivity index (χ4n) is 1.65. The van der Waals surface area contributed by atoms with E-state index < -0.39 is 34.0 Å². The van der Waals surface area contributed by atoms with Gasteiger partial charge in [-0.1, -0.05) is 0 Å². The maximum Gasteiger partial charge on any atom is 0.416 e. The molecule has 0 amide bonds. The van der Waals surface area contributed by atoms with E-state index in [0.717, 1.165) is 23.2 Å². The van der Waals surface area contributed by atoms with Crippen LogP contribution < -0.4 is 0 Å². The Bertz CT molecular complexity index is 724. The van der Waals surface area contributed by atoms with Crippen molar-refractivity contribution in [3.63, 3.8) is 0 Å². The van der Waals surface area contributed by atoms with Gasteiger partial charge in [0, 0.05) is 0 Å². The monoisotopic (exact) mass is 301 g/mol. The number of aromatic carboxylic acids is 1. The zero-order chi connectivity index (χ0) is 15.8. The number of aromatic nitrogens is 2. The molecule has 0 saturated heterocycles. The highest BCUT2D eigenvalue weighted by Crippen LogP contribution is 2.31. The molecule has 0 saturated carbocycles. The number of rotatable bonds is 3. The maximum absolute atomic E-state index is 12.6. The standard InChI is InChI=1S/C11H6F3N3O4/c12-11(13,14)6-1-2-8(7(3-6)10(18)19)16-4-9(15-5-16)17(20)21/h1-5H,(H,18,19). The summed E-state index contributed by atoms with van der Waals surface area (Å²) in [6.45, 7) is 0. The summed E-state index contributed by atoms with van der Waals surface area (Å²) in [5.41, 5.74) is -1.92. The van der Waals surface area contributed by atoms with Crippen LogP contribution in [0.5, 0.6) is 0 Å². The van der Waals surface area contributed by atoms with Gasteiger partial charge in [0.2, 0.25) is 6.33 Å². The van der Waals surface area contributed by atoms with Crippen LogP contribution in [0.3, 0.4) is 0 Å². The molecule has 2 aromatic rings. The van der Waals surface area contributed by atoms with E-state index >= 15 is 0 Å². The zero-order valence-corrected chi connectivity index (χ0v) is 10.0. The molecule has 0 aliphatic carbocycles. The van der Waals surface area contributed by atoms with Gasteiger partial charge in [-0.25, -0.2) is 4.79 Å². The number of hydrogen-bond donors (Lipinski definition) is 1. The molecule has 10 heteroatoms. The van der Waals surface area contributed by atoms with Crippen molar-refractivity contribution in [1.29, 1.82) is 0 Å². The van der Waals surface area contributed by atoms with Crippen LogP contribution in [0.4, 0.5) is 19.0 Å². The SMILES string of the molecule is O=C(O)c1cc(C(F)(F)F)ccc1-n1cnc([N+](=O)[O-])c1. The molecule has 7 nitrogen and oxygen atoms in total. The Morgan fingerprint density at radius 2 is 2.05 bits per heavy atom. The number of carbonyl (C=O) groups is 1. The zero-order valence-electron chi connectivity index (χ0n) is 10.0. The lowest BCUT2D eigenvalue weighted by Crippen LogP contribution is -2.10. The lowest BCUT2D eigenvalue weighted by Gasteiger charge is -2.10. The molecule has 0 bridgehead atoms. The van der Waals surface area contributed by atoms with E-state index in [2.05, 4.69) is 4.98 Å². The predicted octanol–water partition coefficient (Wildman–Crippen LogP) is 2.50. The van der Waals surface area contributed by atoms with Crippen LogP contribution in [0.15, 0.2) is 30.7 Å². The average molecular weight is 301 g/mol. The molecule has 0 fully saturated rings. The highest BCUT2D eigenvalue weighted by atomic mass is 19.4. The molecule has 0 spiro atoms. The molecule has 1 aromatic heterocycles. The number of benzene rings is 1. The van der Waals surface area contributed by atoms with Gasteiger partial charge in [-0.15, -0.1) is 0 Å². The van der Waals surface area contributed by atoms with Gasteiger partial charge in [0.1, 0.15) is 6.20 Å². The van der Waals surface area contributed by atoms with Crippen LogP contribution in [-0.4, -0.2) is 25.6 Å². The highest BCUT2D eigenvalue weighted by molar-refractivity contribution is 5.92. The normalized spacial score (nSPS) is 11.4. The van der Waals surface area contributed by atoms with E-state index in [-0.39, 0.29) is 5.69 Å². The second-order valence-electron chi connectivity index (χ2n) is 3.93. The van der Waals surface area contributed by atoms with Gasteiger partial charge in [-0.05, 0) is 28.1 Å². The van der Waals surface area contributed by atoms with E-state index in [1.165, 1.54) is 0 Å². The van der Waals surface area contributed by atoms with Crippen LogP contribution in [-0.2, 0) is 6.18 Å². The Morgan fingerprint density at radius 1 is 1.38 bits per heavy atom. The Morgan fingerprint density at radius 3 is 2.52 bits per heavy atom. The van der Waals surface area contributed by atoms with Gasteiger partial charge in [-0.2, -0.15) is 13.2 Å². The number of carboxylic acid groups (broad SMARTS) is 1. The first-order valence-corrected chi connectivity index (χ1v) is 5.33. The van der Waals surface area contributed by atoms with Crippen molar-refractivity contribution < 1.29 is 28.0 Å². The molecule has 0 atom stereocenters. The molecular formula is C11H6F3N3O4. The third kappa shape index (κ3) is 2.83. The third-order valence-electron chi connectivity index (χ3n) is 2.59. The smallest absolute Gasteiger partial charge is 0.416 e. The second-order valence-corrected chi connectivity index (χ2v) is 3.93. The average Bonchev–Trinajstić information content (AvgIpc) is 2.86. The first-order valence-electron chi connectivity index (χ1n) is 5.33. The molecule has 0 aliphatic rings. The molecule has 1 aromatic carbocycles. The largest absolute Gasteiger partial charge is 0.478 e. The Balaban J connectivity index is 2.57. The summed E-state index contributed by atoms with van der Waals surface area (Å²) in [6, 6.07) is 2.06. The second kappa shape index (κ2) is 4.89. The maximum atomic E-state index is 12.6.